The Labute approximate surface area is 200 Å². The molecule has 0 aromatic carbocycles. The highest BCUT2D eigenvalue weighted by Crippen LogP contribution is 2.39. The highest BCUT2D eigenvalue weighted by Gasteiger charge is 2.43. The third kappa shape index (κ3) is 4.31. The topological polar surface area (TPSA) is 103 Å². The van der Waals surface area contributed by atoms with Gasteiger partial charge in [0.1, 0.15) is 11.1 Å². The number of carbonyl (C=O) groups excluding carboxylic acids is 1. The summed E-state index contributed by atoms with van der Waals surface area (Å²) in [5.41, 5.74) is 3.22. The number of amides is 1. The lowest BCUT2D eigenvalue weighted by Gasteiger charge is -2.36. The molecule has 2 aliphatic rings. The average Bonchev–Trinajstić information content (AvgIpc) is 3.49. The van der Waals surface area contributed by atoms with Crippen molar-refractivity contribution in [3.05, 3.63) is 50.7 Å². The minimum Gasteiger partial charge on any atom is -0.386 e. The molecule has 0 aliphatic carbocycles. The maximum atomic E-state index is 13.1. The van der Waals surface area contributed by atoms with E-state index in [-0.39, 0.29) is 23.9 Å². The number of rotatable bonds is 5. The van der Waals surface area contributed by atoms with Gasteiger partial charge in [-0.25, -0.2) is 9.97 Å². The van der Waals surface area contributed by atoms with Crippen LogP contribution in [-0.4, -0.2) is 42.9 Å². The Morgan fingerprint density at radius 3 is 2.67 bits per heavy atom. The Hall–Kier alpha value is -2.67. The summed E-state index contributed by atoms with van der Waals surface area (Å²) in [5, 5.41) is 22.7. The number of aliphatic hydroxyl groups excluding tert-OH is 1. The number of pyridine rings is 1. The Bertz CT molecular complexity index is 1200. The van der Waals surface area contributed by atoms with Gasteiger partial charge in [-0.3, -0.25) is 9.78 Å². The van der Waals surface area contributed by atoms with Crippen LogP contribution in [-0.2, 0) is 6.42 Å². The van der Waals surface area contributed by atoms with E-state index in [4.69, 9.17) is 4.98 Å². The first kappa shape index (κ1) is 22.1. The molecule has 5 heterocycles. The summed E-state index contributed by atoms with van der Waals surface area (Å²) in [4.78, 5) is 29.8. The maximum absolute atomic E-state index is 13.1. The van der Waals surface area contributed by atoms with Crippen molar-refractivity contribution < 1.29 is 9.90 Å². The van der Waals surface area contributed by atoms with E-state index in [2.05, 4.69) is 16.0 Å². The zero-order valence-corrected chi connectivity index (χ0v) is 20.2. The Morgan fingerprint density at radius 1 is 1.30 bits per heavy atom. The number of aliphatic hydroxyl groups is 1. The third-order valence-electron chi connectivity index (χ3n) is 6.51. The molecule has 1 unspecified atom stereocenters. The number of hydrogen-bond acceptors (Lipinski definition) is 8. The summed E-state index contributed by atoms with van der Waals surface area (Å²) < 4.78 is 0. The molecule has 2 bridgehead atoms. The molecule has 0 saturated carbocycles. The first-order valence-electron chi connectivity index (χ1n) is 11.2. The summed E-state index contributed by atoms with van der Waals surface area (Å²) in [6.45, 7) is 3.65. The number of fused-ring (bicyclic) bond motifs is 2. The Kier molecular flexibility index (Phi) is 5.99. The van der Waals surface area contributed by atoms with E-state index >= 15 is 0 Å². The van der Waals surface area contributed by atoms with Crippen molar-refractivity contribution in [3.63, 3.8) is 0 Å². The van der Waals surface area contributed by atoms with Gasteiger partial charge in [0.15, 0.2) is 0 Å². The minimum atomic E-state index is -0.584. The number of nitrogens with zero attached hydrogens (tertiary/aromatic N) is 5. The molecule has 1 N–H and O–H groups in total. The predicted molar refractivity (Wildman–Crippen MR) is 127 cm³/mol. The molecule has 0 spiro atoms. The van der Waals surface area contributed by atoms with Crippen LogP contribution < -0.4 is 0 Å². The van der Waals surface area contributed by atoms with Gasteiger partial charge in [-0.1, -0.05) is 0 Å². The van der Waals surface area contributed by atoms with Crippen LogP contribution >= 0.6 is 22.7 Å². The molecule has 3 aromatic rings. The van der Waals surface area contributed by atoms with Crippen molar-refractivity contribution in [1.29, 1.82) is 5.26 Å². The van der Waals surface area contributed by atoms with Crippen molar-refractivity contribution in [2.45, 2.75) is 64.1 Å². The smallest absolute Gasteiger partial charge is 0.255 e. The second kappa shape index (κ2) is 8.93. The second-order valence-electron chi connectivity index (χ2n) is 8.88. The fourth-order valence-electron chi connectivity index (χ4n) is 4.90. The van der Waals surface area contributed by atoms with Gasteiger partial charge in [-0.05, 0) is 51.7 Å². The lowest BCUT2D eigenvalue weighted by Crippen LogP contribution is -2.46. The van der Waals surface area contributed by atoms with Crippen LogP contribution in [0, 0.1) is 24.2 Å². The van der Waals surface area contributed by atoms with E-state index in [1.165, 1.54) is 11.3 Å². The second-order valence-corrected chi connectivity index (χ2v) is 10.9. The lowest BCUT2D eigenvalue weighted by molar-refractivity contribution is 0.0559. The maximum Gasteiger partial charge on any atom is 0.255 e. The first-order valence-corrected chi connectivity index (χ1v) is 12.9. The third-order valence-corrected chi connectivity index (χ3v) is 8.71. The SMILES string of the molecule is Cc1nc([C@H](C)O)sc1-c1csc(Cc2ccc(C(=O)N3[C@@H]4CC[C@H]3CC(C#N)C4)cn2)n1. The lowest BCUT2D eigenvalue weighted by atomic mass is 9.91. The fraction of sp³-hybridized carbons (Fsp3) is 0.458. The highest BCUT2D eigenvalue weighted by molar-refractivity contribution is 7.16. The van der Waals surface area contributed by atoms with Gasteiger partial charge < -0.3 is 10.0 Å². The summed E-state index contributed by atoms with van der Waals surface area (Å²) in [6, 6.07) is 6.51. The zero-order valence-electron chi connectivity index (χ0n) is 18.6. The van der Waals surface area contributed by atoms with Crippen molar-refractivity contribution in [2.75, 3.05) is 0 Å². The molecule has 0 radical (unpaired) electrons. The van der Waals surface area contributed by atoms with Gasteiger partial charge in [0, 0.05) is 35.8 Å². The highest BCUT2D eigenvalue weighted by atomic mass is 32.1. The normalized spacial score (nSPS) is 22.8. The monoisotopic (exact) mass is 479 g/mol. The molecule has 2 fully saturated rings. The largest absolute Gasteiger partial charge is 0.386 e. The van der Waals surface area contributed by atoms with Crippen molar-refractivity contribution in [1.82, 2.24) is 19.9 Å². The van der Waals surface area contributed by atoms with Crippen molar-refractivity contribution in [3.8, 4) is 16.6 Å². The Morgan fingerprint density at radius 2 is 2.06 bits per heavy atom. The number of nitriles is 1. The fourth-order valence-corrected chi connectivity index (χ4v) is 6.74. The van der Waals surface area contributed by atoms with Gasteiger partial charge >= 0.3 is 0 Å². The molecule has 2 aliphatic heterocycles. The number of carbonyl (C=O) groups is 1. The summed E-state index contributed by atoms with van der Waals surface area (Å²) in [5.74, 6) is 0.103. The van der Waals surface area contributed by atoms with Gasteiger partial charge in [0.2, 0.25) is 0 Å². The molecule has 5 rings (SSSR count). The van der Waals surface area contributed by atoms with E-state index in [1.807, 2.05) is 29.3 Å². The van der Waals surface area contributed by atoms with Crippen molar-refractivity contribution in [2.24, 2.45) is 5.92 Å². The van der Waals surface area contributed by atoms with Gasteiger partial charge in [-0.15, -0.1) is 22.7 Å². The van der Waals surface area contributed by atoms with E-state index in [0.29, 0.717) is 17.0 Å². The molecule has 9 heteroatoms. The van der Waals surface area contributed by atoms with E-state index in [9.17, 15) is 15.2 Å². The predicted octanol–water partition coefficient (Wildman–Crippen LogP) is 4.52. The van der Waals surface area contributed by atoms with Crippen LogP contribution in [0.25, 0.3) is 10.6 Å². The number of aryl methyl sites for hydroxylation is 1. The molecular formula is C24H25N5O2S2. The molecule has 2 saturated heterocycles. The van der Waals surface area contributed by atoms with Gasteiger partial charge in [-0.2, -0.15) is 5.26 Å². The molecule has 170 valence electrons. The van der Waals surface area contributed by atoms with Crippen LogP contribution in [0.4, 0.5) is 0 Å². The summed E-state index contributed by atoms with van der Waals surface area (Å²) >= 11 is 3.05. The summed E-state index contributed by atoms with van der Waals surface area (Å²) in [7, 11) is 0. The van der Waals surface area contributed by atoms with E-state index < -0.39 is 6.10 Å². The summed E-state index contributed by atoms with van der Waals surface area (Å²) in [6.07, 6.45) is 5.24. The molecule has 1 amide bonds. The number of thiazole rings is 2. The number of aromatic nitrogens is 3. The standard InChI is InChI=1S/C24H25N5O2S2/c1-13-22(33-23(27-13)14(2)30)20-12-32-21(28-20)9-17-4-3-16(11-26-17)24(31)29-18-5-6-19(29)8-15(7-18)10-25/h3-4,11-12,14-15,18-19,30H,5-9H2,1-2H3/t14-,15?,18-,19+/m0/s1. The minimum absolute atomic E-state index is 0.0315. The molecule has 3 aromatic heterocycles. The van der Waals surface area contributed by atoms with Gasteiger partial charge in [0.05, 0.1) is 38.8 Å². The quantitative estimate of drug-likeness (QED) is 0.577. The van der Waals surface area contributed by atoms with Crippen LogP contribution in [0.1, 0.15) is 70.5 Å². The average molecular weight is 480 g/mol. The van der Waals surface area contributed by atoms with Gasteiger partial charge in [0.25, 0.3) is 5.91 Å². The van der Waals surface area contributed by atoms with E-state index in [0.717, 1.165) is 52.6 Å². The molecular weight excluding hydrogens is 454 g/mol. The number of piperidine rings is 1. The molecule has 33 heavy (non-hydrogen) atoms. The van der Waals surface area contributed by atoms with Crippen LogP contribution in [0.2, 0.25) is 0 Å². The first-order chi connectivity index (χ1) is 15.9. The number of hydrogen-bond donors (Lipinski definition) is 1. The van der Waals surface area contributed by atoms with Crippen molar-refractivity contribution >= 4 is 28.6 Å². The molecule has 4 atom stereocenters. The van der Waals surface area contributed by atoms with E-state index in [1.54, 1.807) is 24.5 Å². The van der Waals surface area contributed by atoms with Crippen LogP contribution in [0.15, 0.2) is 23.7 Å². The Balaban J connectivity index is 1.27. The van der Waals surface area contributed by atoms with Crippen LogP contribution in [0.5, 0.6) is 0 Å². The zero-order chi connectivity index (χ0) is 23.1. The molecule has 7 nitrogen and oxygen atoms in total. The van der Waals surface area contributed by atoms with Crippen LogP contribution in [0.3, 0.4) is 0 Å².